The monoisotopic (exact) mass is 284 g/mol. The molecule has 0 saturated heterocycles. The second-order valence-corrected chi connectivity index (χ2v) is 4.91. The molecule has 0 bridgehead atoms. The predicted octanol–water partition coefficient (Wildman–Crippen LogP) is 3.87. The number of aryl methyl sites for hydroxylation is 1. The van der Waals surface area contributed by atoms with Crippen molar-refractivity contribution in [2.75, 3.05) is 11.9 Å². The molecule has 0 amide bonds. The molecule has 0 aliphatic carbocycles. The minimum atomic E-state index is -0.525. The van der Waals surface area contributed by atoms with E-state index in [-0.39, 0.29) is 17.0 Å². The minimum Gasteiger partial charge on any atom is -0.344 e. The summed E-state index contributed by atoms with van der Waals surface area (Å²) in [7, 11) is 1.83. The molecule has 0 radical (unpaired) electrons. The number of carbonyl (C=O) groups excluding carboxylic acids is 1. The normalized spacial score (nSPS) is 10.2. The molecule has 0 fully saturated rings. The predicted molar refractivity (Wildman–Crippen MR) is 82.3 cm³/mol. The first-order chi connectivity index (χ1) is 9.90. The van der Waals surface area contributed by atoms with E-state index in [4.69, 9.17) is 0 Å². The van der Waals surface area contributed by atoms with Gasteiger partial charge in [0.25, 0.3) is 5.69 Å². The maximum atomic E-state index is 11.4. The number of hydrogen-bond acceptors (Lipinski definition) is 4. The van der Waals surface area contributed by atoms with Gasteiger partial charge in [-0.15, -0.1) is 0 Å². The maximum Gasteiger partial charge on any atom is 0.282 e. The molecule has 0 spiro atoms. The van der Waals surface area contributed by atoms with Crippen molar-refractivity contribution in [1.82, 2.24) is 0 Å². The number of carbonyl (C=O) groups is 1. The van der Waals surface area contributed by atoms with E-state index in [9.17, 15) is 14.9 Å². The highest BCUT2D eigenvalue weighted by Crippen LogP contribution is 2.29. The van der Waals surface area contributed by atoms with Gasteiger partial charge < -0.3 is 4.90 Å². The first-order valence-electron chi connectivity index (χ1n) is 6.50. The summed E-state index contributed by atoms with van der Waals surface area (Å²) in [6.45, 7) is 3.32. The number of anilines is 2. The molecule has 0 saturated carbocycles. The van der Waals surface area contributed by atoms with Crippen molar-refractivity contribution < 1.29 is 9.72 Å². The Morgan fingerprint density at radius 1 is 1.10 bits per heavy atom. The molecule has 2 rings (SSSR count). The summed E-state index contributed by atoms with van der Waals surface area (Å²) in [5.41, 5.74) is 2.69. The van der Waals surface area contributed by atoms with Crippen LogP contribution in [0.2, 0.25) is 0 Å². The largest absolute Gasteiger partial charge is 0.344 e. The fourth-order valence-corrected chi connectivity index (χ4v) is 2.09. The number of rotatable bonds is 4. The second kappa shape index (κ2) is 5.75. The Kier molecular flexibility index (Phi) is 4.03. The average molecular weight is 284 g/mol. The van der Waals surface area contributed by atoms with E-state index in [1.165, 1.54) is 19.1 Å². The van der Waals surface area contributed by atoms with Gasteiger partial charge in [-0.25, -0.2) is 0 Å². The SMILES string of the molecule is CC(=O)c1ccc(N(C)c2ccc(C)cc2)cc1[N+](=O)[O-]. The Balaban J connectivity index is 2.44. The molecule has 108 valence electrons. The van der Waals surface area contributed by atoms with Crippen LogP contribution in [0.25, 0.3) is 0 Å². The van der Waals surface area contributed by atoms with E-state index in [2.05, 4.69) is 0 Å². The molecule has 2 aromatic rings. The van der Waals surface area contributed by atoms with Crippen molar-refractivity contribution in [2.45, 2.75) is 13.8 Å². The molecule has 0 N–H and O–H groups in total. The molecule has 0 atom stereocenters. The van der Waals surface area contributed by atoms with Gasteiger partial charge in [0, 0.05) is 24.5 Å². The molecule has 5 heteroatoms. The van der Waals surface area contributed by atoms with E-state index < -0.39 is 4.92 Å². The summed E-state index contributed by atoms with van der Waals surface area (Å²) in [5, 5.41) is 11.1. The van der Waals surface area contributed by atoms with Gasteiger partial charge in [-0.05, 0) is 38.1 Å². The molecule has 5 nitrogen and oxygen atoms in total. The van der Waals surface area contributed by atoms with Gasteiger partial charge in [-0.1, -0.05) is 17.7 Å². The molecule has 0 aromatic heterocycles. The summed E-state index contributed by atoms with van der Waals surface area (Å²) in [4.78, 5) is 23.9. The molecule has 0 unspecified atom stereocenters. The fraction of sp³-hybridized carbons (Fsp3) is 0.188. The average Bonchev–Trinajstić information content (AvgIpc) is 2.46. The molecule has 2 aromatic carbocycles. The van der Waals surface area contributed by atoms with Crippen LogP contribution in [0.1, 0.15) is 22.8 Å². The first kappa shape index (κ1) is 14.7. The van der Waals surface area contributed by atoms with E-state index >= 15 is 0 Å². The summed E-state index contributed by atoms with van der Waals surface area (Å²) >= 11 is 0. The van der Waals surface area contributed by atoms with E-state index in [0.29, 0.717) is 5.69 Å². The molecule has 0 heterocycles. The Labute approximate surface area is 123 Å². The smallest absolute Gasteiger partial charge is 0.282 e. The third-order valence-electron chi connectivity index (χ3n) is 3.37. The lowest BCUT2D eigenvalue weighted by Crippen LogP contribution is -2.10. The van der Waals surface area contributed by atoms with Crippen LogP contribution < -0.4 is 4.90 Å². The number of hydrogen-bond donors (Lipinski definition) is 0. The number of benzene rings is 2. The van der Waals surface area contributed by atoms with Crippen LogP contribution in [0.15, 0.2) is 42.5 Å². The number of nitro groups is 1. The Morgan fingerprint density at radius 3 is 2.19 bits per heavy atom. The third kappa shape index (κ3) is 3.08. The summed E-state index contributed by atoms with van der Waals surface area (Å²) in [6, 6.07) is 12.5. The summed E-state index contributed by atoms with van der Waals surface area (Å²) in [5.74, 6) is -0.314. The standard InChI is InChI=1S/C16H16N2O3/c1-11-4-6-13(7-5-11)17(3)14-8-9-15(12(2)19)16(10-14)18(20)21/h4-10H,1-3H3. The lowest BCUT2D eigenvalue weighted by Gasteiger charge is -2.19. The lowest BCUT2D eigenvalue weighted by molar-refractivity contribution is -0.385. The Morgan fingerprint density at radius 2 is 1.67 bits per heavy atom. The van der Waals surface area contributed by atoms with Crippen LogP contribution in [-0.4, -0.2) is 17.8 Å². The zero-order chi connectivity index (χ0) is 15.6. The van der Waals surface area contributed by atoms with Crippen LogP contribution in [0, 0.1) is 17.0 Å². The molecular weight excluding hydrogens is 268 g/mol. The summed E-state index contributed by atoms with van der Waals surface area (Å²) < 4.78 is 0. The first-order valence-corrected chi connectivity index (χ1v) is 6.50. The van der Waals surface area contributed by atoms with Crippen molar-refractivity contribution in [3.63, 3.8) is 0 Å². The van der Waals surface area contributed by atoms with Crippen LogP contribution in [0.4, 0.5) is 17.1 Å². The van der Waals surface area contributed by atoms with Crippen LogP contribution in [0.5, 0.6) is 0 Å². The van der Waals surface area contributed by atoms with Crippen LogP contribution in [0.3, 0.4) is 0 Å². The molecule has 0 aliphatic rings. The van der Waals surface area contributed by atoms with E-state index in [0.717, 1.165) is 11.3 Å². The number of ketones is 1. The molecular formula is C16H16N2O3. The van der Waals surface area contributed by atoms with Gasteiger partial charge >= 0.3 is 0 Å². The third-order valence-corrected chi connectivity index (χ3v) is 3.37. The Bertz CT molecular complexity index is 693. The highest BCUT2D eigenvalue weighted by atomic mass is 16.6. The van der Waals surface area contributed by atoms with Crippen molar-refractivity contribution in [3.8, 4) is 0 Å². The van der Waals surface area contributed by atoms with Crippen molar-refractivity contribution in [1.29, 1.82) is 0 Å². The number of nitrogens with zero attached hydrogens (tertiary/aromatic N) is 2. The van der Waals surface area contributed by atoms with Gasteiger partial charge in [-0.3, -0.25) is 14.9 Å². The van der Waals surface area contributed by atoms with Crippen molar-refractivity contribution in [2.24, 2.45) is 0 Å². The van der Waals surface area contributed by atoms with Crippen LogP contribution in [-0.2, 0) is 0 Å². The van der Waals surface area contributed by atoms with Crippen LogP contribution >= 0.6 is 0 Å². The van der Waals surface area contributed by atoms with Crippen molar-refractivity contribution in [3.05, 3.63) is 63.7 Å². The van der Waals surface area contributed by atoms with Gasteiger partial charge in [0.15, 0.2) is 5.78 Å². The molecule has 21 heavy (non-hydrogen) atoms. The maximum absolute atomic E-state index is 11.4. The summed E-state index contributed by atoms with van der Waals surface area (Å²) in [6.07, 6.45) is 0. The van der Waals surface area contributed by atoms with Gasteiger partial charge in [0.2, 0.25) is 0 Å². The quantitative estimate of drug-likeness (QED) is 0.485. The number of Topliss-reactive ketones (excluding diaryl/α,β-unsaturated/α-hetero) is 1. The van der Waals surface area contributed by atoms with Crippen molar-refractivity contribution >= 4 is 22.8 Å². The Hall–Kier alpha value is -2.69. The topological polar surface area (TPSA) is 63.5 Å². The van der Waals surface area contributed by atoms with E-state index in [1.807, 2.05) is 43.1 Å². The zero-order valence-electron chi connectivity index (χ0n) is 12.2. The molecule has 0 aliphatic heterocycles. The highest BCUT2D eigenvalue weighted by molar-refractivity contribution is 5.98. The van der Waals surface area contributed by atoms with E-state index in [1.54, 1.807) is 6.07 Å². The fourth-order valence-electron chi connectivity index (χ4n) is 2.09. The van der Waals surface area contributed by atoms with Gasteiger partial charge in [0.1, 0.15) is 0 Å². The van der Waals surface area contributed by atoms with Gasteiger partial charge in [0.05, 0.1) is 10.5 Å². The minimum absolute atomic E-state index is 0.126. The zero-order valence-corrected chi connectivity index (χ0v) is 12.2. The highest BCUT2D eigenvalue weighted by Gasteiger charge is 2.19. The lowest BCUT2D eigenvalue weighted by atomic mass is 10.1. The number of nitro benzene ring substituents is 1. The van der Waals surface area contributed by atoms with Gasteiger partial charge in [-0.2, -0.15) is 0 Å². The second-order valence-electron chi connectivity index (χ2n) is 4.91.